The van der Waals surface area contributed by atoms with Crippen LogP contribution in [0.15, 0.2) is 36.4 Å². The molecule has 3 rings (SSSR count). The fraction of sp³-hybridized carbons (Fsp3) is 0.522. The number of amides is 1. The summed E-state index contributed by atoms with van der Waals surface area (Å²) in [6, 6.07) is 4.28. The van der Waals surface area contributed by atoms with Gasteiger partial charge in [-0.2, -0.15) is 0 Å². The van der Waals surface area contributed by atoms with E-state index < -0.39 is 0 Å². The molecule has 1 heterocycles. The fourth-order valence-electron chi connectivity index (χ4n) is 4.18. The Balaban J connectivity index is 1.98. The van der Waals surface area contributed by atoms with E-state index >= 15 is 0 Å². The van der Waals surface area contributed by atoms with Gasteiger partial charge in [-0.25, -0.2) is 0 Å². The molecule has 1 aliphatic carbocycles. The maximum Gasteiger partial charge on any atom is 0.245 e. The molecule has 1 unspecified atom stereocenters. The highest BCUT2D eigenvalue weighted by atomic mass is 32.2. The Kier molecular flexibility index (Phi) is 5.76. The molecule has 1 aliphatic heterocycles. The molecule has 1 saturated carbocycles. The maximum atomic E-state index is 13.3. The minimum Gasteiger partial charge on any atom is -0.507 e. The quantitative estimate of drug-likeness (QED) is 0.662. The first-order valence-corrected chi connectivity index (χ1v) is 10.8. The molecule has 1 aromatic carbocycles. The highest BCUT2D eigenvalue weighted by Crippen LogP contribution is 2.48. The van der Waals surface area contributed by atoms with Gasteiger partial charge >= 0.3 is 0 Å². The van der Waals surface area contributed by atoms with Crippen molar-refractivity contribution in [1.82, 2.24) is 4.90 Å². The molecule has 1 atom stereocenters. The zero-order valence-electron chi connectivity index (χ0n) is 16.8. The highest BCUT2D eigenvalue weighted by molar-refractivity contribution is 8.04. The molecule has 0 bridgehead atoms. The third-order valence-corrected chi connectivity index (χ3v) is 6.79. The highest BCUT2D eigenvalue weighted by Gasteiger charge is 2.41. The summed E-state index contributed by atoms with van der Waals surface area (Å²) in [5.41, 5.74) is 2.47. The summed E-state index contributed by atoms with van der Waals surface area (Å²) in [5.74, 6) is 0.469. The van der Waals surface area contributed by atoms with Gasteiger partial charge in [0, 0.05) is 6.04 Å². The van der Waals surface area contributed by atoms with Crippen molar-refractivity contribution >= 4 is 17.7 Å². The van der Waals surface area contributed by atoms with E-state index in [0.717, 1.165) is 34.6 Å². The topological polar surface area (TPSA) is 40.5 Å². The van der Waals surface area contributed by atoms with E-state index in [-0.39, 0.29) is 16.6 Å². The van der Waals surface area contributed by atoms with E-state index in [1.54, 1.807) is 17.8 Å². The number of hydrogen-bond acceptors (Lipinski definition) is 3. The molecule has 1 amide bonds. The maximum absolute atomic E-state index is 13.3. The molecule has 27 heavy (non-hydrogen) atoms. The van der Waals surface area contributed by atoms with Crippen molar-refractivity contribution in [2.24, 2.45) is 0 Å². The Morgan fingerprint density at radius 2 is 1.93 bits per heavy atom. The number of aromatic hydroxyl groups is 1. The number of carbonyl (C=O) groups is 1. The fourth-order valence-corrected chi connectivity index (χ4v) is 5.29. The van der Waals surface area contributed by atoms with Crippen LogP contribution in [0.25, 0.3) is 0 Å². The lowest BCUT2D eigenvalue weighted by Crippen LogP contribution is -2.37. The molecule has 3 nitrogen and oxygen atoms in total. The molecule has 0 spiro atoms. The van der Waals surface area contributed by atoms with Gasteiger partial charge < -0.3 is 10.0 Å². The van der Waals surface area contributed by atoms with Crippen molar-refractivity contribution in [3.63, 3.8) is 0 Å². The smallest absolute Gasteiger partial charge is 0.245 e. The number of nitrogens with zero attached hydrogens (tertiary/aromatic N) is 1. The number of phenolic OH excluding ortho intramolecular Hbond substituents is 1. The van der Waals surface area contributed by atoms with Crippen molar-refractivity contribution in [3.8, 4) is 5.75 Å². The zero-order valence-corrected chi connectivity index (χ0v) is 17.6. The molecule has 146 valence electrons. The van der Waals surface area contributed by atoms with Gasteiger partial charge in [-0.15, -0.1) is 6.58 Å². The van der Waals surface area contributed by atoms with E-state index in [1.807, 2.05) is 17.0 Å². The number of allylic oxidation sites excluding steroid dienone is 1. The molecule has 0 aromatic heterocycles. The standard InChI is InChI=1S/C23H31NO2S/c1-6-10-16-13-17(14-19(20(16)25)23(3,4)5)21-22(26)24(15(2)27-21)18-11-8-7-9-12-18/h6,13-14,18,21,25H,1-2,7-12H2,3-5H3. The van der Waals surface area contributed by atoms with Crippen molar-refractivity contribution in [2.45, 2.75) is 76.0 Å². The Labute approximate surface area is 167 Å². The van der Waals surface area contributed by atoms with E-state index in [1.165, 1.54) is 19.3 Å². The summed E-state index contributed by atoms with van der Waals surface area (Å²) < 4.78 is 0. The molecular formula is C23H31NO2S. The Morgan fingerprint density at radius 1 is 1.26 bits per heavy atom. The summed E-state index contributed by atoms with van der Waals surface area (Å²) >= 11 is 1.55. The lowest BCUT2D eigenvalue weighted by Gasteiger charge is -2.31. The van der Waals surface area contributed by atoms with E-state index in [2.05, 4.69) is 33.9 Å². The van der Waals surface area contributed by atoms with Crippen LogP contribution in [0, 0.1) is 0 Å². The Bertz CT molecular complexity index is 756. The second-order valence-corrected chi connectivity index (χ2v) is 9.89. The van der Waals surface area contributed by atoms with Gasteiger partial charge in [-0.1, -0.05) is 70.5 Å². The van der Waals surface area contributed by atoms with Gasteiger partial charge in [0.25, 0.3) is 0 Å². The molecule has 2 aliphatic rings. The normalized spacial score (nSPS) is 21.7. The van der Waals surface area contributed by atoms with Gasteiger partial charge in [0.2, 0.25) is 5.91 Å². The summed E-state index contributed by atoms with van der Waals surface area (Å²) in [5, 5.41) is 11.3. The number of carbonyl (C=O) groups excluding carboxylic acids is 1. The first kappa shape index (κ1) is 20.1. The van der Waals surface area contributed by atoms with Gasteiger partial charge in [0.15, 0.2) is 0 Å². The summed E-state index contributed by atoms with van der Waals surface area (Å²) in [7, 11) is 0. The summed E-state index contributed by atoms with van der Waals surface area (Å²) in [6.45, 7) is 14.2. The average Bonchev–Trinajstić information content (AvgIpc) is 2.91. The molecule has 1 saturated heterocycles. The van der Waals surface area contributed by atoms with Gasteiger partial charge in [0.05, 0.1) is 5.03 Å². The lowest BCUT2D eigenvalue weighted by atomic mass is 9.83. The molecule has 2 fully saturated rings. The number of hydrogen-bond donors (Lipinski definition) is 1. The number of thioether (sulfide) groups is 1. The largest absolute Gasteiger partial charge is 0.507 e. The second-order valence-electron chi connectivity index (χ2n) is 8.71. The average molecular weight is 386 g/mol. The van der Waals surface area contributed by atoms with Gasteiger partial charge in [0.1, 0.15) is 11.0 Å². The van der Waals surface area contributed by atoms with Crippen LogP contribution < -0.4 is 0 Å². The van der Waals surface area contributed by atoms with Crippen molar-refractivity contribution in [3.05, 3.63) is 53.1 Å². The monoisotopic (exact) mass is 385 g/mol. The first-order chi connectivity index (χ1) is 12.7. The molecule has 0 radical (unpaired) electrons. The minimum atomic E-state index is -0.273. The summed E-state index contributed by atoms with van der Waals surface area (Å²) in [4.78, 5) is 15.2. The lowest BCUT2D eigenvalue weighted by molar-refractivity contribution is -0.129. The number of rotatable bonds is 4. The molecule has 1 aromatic rings. The third kappa shape index (κ3) is 3.96. The van der Waals surface area contributed by atoms with Crippen LogP contribution in [0.5, 0.6) is 5.75 Å². The third-order valence-electron chi connectivity index (χ3n) is 5.61. The Hall–Kier alpha value is -1.68. The van der Waals surface area contributed by atoms with Gasteiger partial charge in [-0.05, 0) is 47.4 Å². The van der Waals surface area contributed by atoms with Crippen LogP contribution >= 0.6 is 11.8 Å². The minimum absolute atomic E-state index is 0.145. The van der Waals surface area contributed by atoms with Crippen LogP contribution in [0.4, 0.5) is 0 Å². The van der Waals surface area contributed by atoms with Crippen molar-refractivity contribution in [2.75, 3.05) is 0 Å². The van der Waals surface area contributed by atoms with Gasteiger partial charge in [-0.3, -0.25) is 4.79 Å². The first-order valence-electron chi connectivity index (χ1n) is 9.90. The Morgan fingerprint density at radius 3 is 2.52 bits per heavy atom. The van der Waals surface area contributed by atoms with Crippen molar-refractivity contribution in [1.29, 1.82) is 0 Å². The van der Waals surface area contributed by atoms with Crippen LogP contribution in [-0.4, -0.2) is 22.0 Å². The van der Waals surface area contributed by atoms with E-state index in [4.69, 9.17) is 0 Å². The molecular weight excluding hydrogens is 354 g/mol. The van der Waals surface area contributed by atoms with E-state index in [9.17, 15) is 9.90 Å². The van der Waals surface area contributed by atoms with Crippen molar-refractivity contribution < 1.29 is 9.90 Å². The SMILES string of the molecule is C=CCc1cc(C2SC(=C)N(C3CCCCC3)C2=O)cc(C(C)(C)C)c1O. The number of benzene rings is 1. The van der Waals surface area contributed by atoms with Crippen LogP contribution in [0.3, 0.4) is 0 Å². The second kappa shape index (κ2) is 7.75. The number of phenols is 1. The van der Waals surface area contributed by atoms with Crippen LogP contribution in [0.1, 0.15) is 74.8 Å². The predicted molar refractivity (Wildman–Crippen MR) is 114 cm³/mol. The molecule has 4 heteroatoms. The predicted octanol–water partition coefficient (Wildman–Crippen LogP) is 5.84. The summed E-state index contributed by atoms with van der Waals surface area (Å²) in [6.07, 6.45) is 8.16. The van der Waals surface area contributed by atoms with E-state index in [0.29, 0.717) is 18.2 Å². The van der Waals surface area contributed by atoms with Crippen LogP contribution in [-0.2, 0) is 16.6 Å². The molecule has 1 N–H and O–H groups in total. The zero-order chi connectivity index (χ0) is 19.8. The van der Waals surface area contributed by atoms with Crippen LogP contribution in [0.2, 0.25) is 0 Å².